The average Bonchev–Trinajstić information content (AvgIpc) is 3.27. The number of aromatic nitrogens is 1. The first-order chi connectivity index (χ1) is 15.5. The normalized spacial score (nSPS) is 18.9. The van der Waals surface area contributed by atoms with Gasteiger partial charge in [-0.25, -0.2) is 9.18 Å². The first kappa shape index (κ1) is 22.0. The molecule has 0 spiro atoms. The third-order valence-corrected chi connectivity index (χ3v) is 6.40. The van der Waals surface area contributed by atoms with Crippen molar-refractivity contribution in [3.63, 3.8) is 0 Å². The summed E-state index contributed by atoms with van der Waals surface area (Å²) in [5.74, 6) is -0.487. The van der Waals surface area contributed by atoms with Gasteiger partial charge in [-0.05, 0) is 49.6 Å². The van der Waals surface area contributed by atoms with Crippen LogP contribution in [-0.4, -0.2) is 54.0 Å². The highest BCUT2D eigenvalue weighted by Gasteiger charge is 2.28. The molecule has 1 aliphatic carbocycles. The summed E-state index contributed by atoms with van der Waals surface area (Å²) >= 11 is 0. The molecular formula is C24H30FN5O2. The van der Waals surface area contributed by atoms with Gasteiger partial charge < -0.3 is 20.4 Å². The molecule has 2 N–H and O–H groups in total. The number of anilines is 2. The Morgan fingerprint density at radius 2 is 1.94 bits per heavy atom. The van der Waals surface area contributed by atoms with Gasteiger partial charge in [0.25, 0.3) is 5.91 Å². The van der Waals surface area contributed by atoms with Crippen LogP contribution in [0.5, 0.6) is 0 Å². The standard InChI is InChI=1S/C24H30FN5O2/c1-29(19-7-3-2-4-8-19)22-11-10-17(15-20(22)25)27-24(32)28-18-12-14-30(16-18)23(31)21-9-5-6-13-26-21/h5-6,9-11,13,15,18-19H,2-4,7-8,12,14,16H2,1H3,(H2,27,28,32)/t18-/m0/s1. The summed E-state index contributed by atoms with van der Waals surface area (Å²) in [6.45, 7) is 0.972. The Morgan fingerprint density at radius 3 is 2.66 bits per heavy atom. The summed E-state index contributed by atoms with van der Waals surface area (Å²) in [7, 11) is 1.94. The van der Waals surface area contributed by atoms with Gasteiger partial charge in [-0.3, -0.25) is 9.78 Å². The Morgan fingerprint density at radius 1 is 1.12 bits per heavy atom. The van der Waals surface area contributed by atoms with Crippen LogP contribution in [0, 0.1) is 5.82 Å². The molecule has 4 rings (SSSR count). The van der Waals surface area contributed by atoms with E-state index in [2.05, 4.69) is 15.6 Å². The average molecular weight is 440 g/mol. The molecule has 2 heterocycles. The van der Waals surface area contributed by atoms with Crippen LogP contribution in [0.4, 0.5) is 20.6 Å². The van der Waals surface area contributed by atoms with E-state index in [4.69, 9.17) is 0 Å². The van der Waals surface area contributed by atoms with Crippen molar-refractivity contribution in [2.75, 3.05) is 30.4 Å². The topological polar surface area (TPSA) is 77.6 Å². The molecule has 1 atom stereocenters. The molecule has 0 unspecified atom stereocenters. The van der Waals surface area contributed by atoms with Crippen LogP contribution in [-0.2, 0) is 0 Å². The lowest BCUT2D eigenvalue weighted by molar-refractivity contribution is 0.0783. The van der Waals surface area contributed by atoms with E-state index in [1.165, 1.54) is 25.3 Å². The quantitative estimate of drug-likeness (QED) is 0.738. The smallest absolute Gasteiger partial charge is 0.319 e. The van der Waals surface area contributed by atoms with E-state index in [0.717, 1.165) is 12.8 Å². The predicted molar refractivity (Wildman–Crippen MR) is 122 cm³/mol. The molecule has 0 bridgehead atoms. The van der Waals surface area contributed by atoms with E-state index in [0.29, 0.717) is 42.6 Å². The van der Waals surface area contributed by atoms with Gasteiger partial charge in [0.1, 0.15) is 11.5 Å². The summed E-state index contributed by atoms with van der Waals surface area (Å²) in [5, 5.41) is 5.58. The third kappa shape index (κ3) is 5.18. The second-order valence-electron chi connectivity index (χ2n) is 8.62. The van der Waals surface area contributed by atoms with Gasteiger partial charge in [-0.15, -0.1) is 0 Å². The van der Waals surface area contributed by atoms with Crippen LogP contribution < -0.4 is 15.5 Å². The number of nitrogens with zero attached hydrogens (tertiary/aromatic N) is 3. The Bertz CT molecular complexity index is 949. The number of nitrogens with one attached hydrogen (secondary N) is 2. The Hall–Kier alpha value is -3.16. The highest BCUT2D eigenvalue weighted by Crippen LogP contribution is 2.29. The first-order valence-corrected chi connectivity index (χ1v) is 11.3. The zero-order valence-electron chi connectivity index (χ0n) is 18.4. The number of benzene rings is 1. The van der Waals surface area contributed by atoms with E-state index in [-0.39, 0.29) is 17.8 Å². The molecular weight excluding hydrogens is 409 g/mol. The fourth-order valence-electron chi connectivity index (χ4n) is 4.60. The number of hydrogen-bond donors (Lipinski definition) is 2. The molecule has 7 nitrogen and oxygen atoms in total. The lowest BCUT2D eigenvalue weighted by Crippen LogP contribution is -2.40. The largest absolute Gasteiger partial charge is 0.369 e. The minimum atomic E-state index is -0.407. The van der Waals surface area contributed by atoms with Crippen LogP contribution in [0.15, 0.2) is 42.6 Å². The fraction of sp³-hybridized carbons (Fsp3) is 0.458. The van der Waals surface area contributed by atoms with Crippen molar-refractivity contribution in [3.8, 4) is 0 Å². The van der Waals surface area contributed by atoms with Crippen molar-refractivity contribution in [1.29, 1.82) is 0 Å². The molecule has 2 fully saturated rings. The van der Waals surface area contributed by atoms with Crippen LogP contribution in [0.3, 0.4) is 0 Å². The van der Waals surface area contributed by atoms with Crippen LogP contribution in [0.2, 0.25) is 0 Å². The minimum Gasteiger partial charge on any atom is -0.369 e. The monoisotopic (exact) mass is 439 g/mol. The van der Waals surface area contributed by atoms with Gasteiger partial charge in [0.05, 0.1) is 5.69 Å². The van der Waals surface area contributed by atoms with Crippen LogP contribution in [0.1, 0.15) is 49.0 Å². The van der Waals surface area contributed by atoms with Gasteiger partial charge in [-0.2, -0.15) is 0 Å². The zero-order chi connectivity index (χ0) is 22.5. The number of carbonyl (C=O) groups is 2. The molecule has 170 valence electrons. The number of likely N-dealkylation sites (tertiary alicyclic amines) is 1. The number of hydrogen-bond acceptors (Lipinski definition) is 4. The lowest BCUT2D eigenvalue weighted by atomic mass is 9.94. The third-order valence-electron chi connectivity index (χ3n) is 6.40. The van der Waals surface area contributed by atoms with E-state index < -0.39 is 6.03 Å². The molecule has 3 amide bonds. The first-order valence-electron chi connectivity index (χ1n) is 11.3. The van der Waals surface area contributed by atoms with Gasteiger partial charge in [-0.1, -0.05) is 25.3 Å². The summed E-state index contributed by atoms with van der Waals surface area (Å²) in [6, 6.07) is 9.82. The van der Waals surface area contributed by atoms with Crippen molar-refractivity contribution in [3.05, 3.63) is 54.1 Å². The number of pyridine rings is 1. The molecule has 8 heteroatoms. The molecule has 1 aromatic carbocycles. The van der Waals surface area contributed by atoms with Crippen molar-refractivity contribution < 1.29 is 14.0 Å². The molecule has 1 aromatic heterocycles. The van der Waals surface area contributed by atoms with Crippen LogP contribution in [0.25, 0.3) is 0 Å². The van der Waals surface area contributed by atoms with Crippen molar-refractivity contribution in [2.45, 2.75) is 50.6 Å². The summed E-state index contributed by atoms with van der Waals surface area (Å²) in [6.07, 6.45) is 8.03. The number of halogens is 1. The van der Waals surface area contributed by atoms with Crippen molar-refractivity contribution >= 4 is 23.3 Å². The zero-order valence-corrected chi connectivity index (χ0v) is 18.4. The van der Waals surface area contributed by atoms with E-state index >= 15 is 0 Å². The van der Waals surface area contributed by atoms with Gasteiger partial charge in [0, 0.05) is 44.1 Å². The number of urea groups is 1. The second-order valence-corrected chi connectivity index (χ2v) is 8.62. The summed E-state index contributed by atoms with van der Waals surface area (Å²) < 4.78 is 14.7. The highest BCUT2D eigenvalue weighted by molar-refractivity contribution is 5.93. The van der Waals surface area contributed by atoms with E-state index in [1.807, 2.05) is 11.9 Å². The Kier molecular flexibility index (Phi) is 6.87. The maximum Gasteiger partial charge on any atom is 0.319 e. The molecule has 2 aromatic rings. The van der Waals surface area contributed by atoms with Gasteiger partial charge >= 0.3 is 6.03 Å². The molecule has 1 saturated carbocycles. The number of rotatable bonds is 5. The summed E-state index contributed by atoms with van der Waals surface area (Å²) in [4.78, 5) is 32.7. The maximum absolute atomic E-state index is 14.7. The number of carbonyl (C=O) groups excluding carboxylic acids is 2. The Labute approximate surface area is 188 Å². The maximum atomic E-state index is 14.7. The minimum absolute atomic E-state index is 0.143. The highest BCUT2D eigenvalue weighted by atomic mass is 19.1. The molecule has 2 aliphatic rings. The molecule has 32 heavy (non-hydrogen) atoms. The second kappa shape index (κ2) is 9.97. The van der Waals surface area contributed by atoms with Gasteiger partial charge in [0.15, 0.2) is 0 Å². The molecule has 0 radical (unpaired) electrons. The SMILES string of the molecule is CN(c1ccc(NC(=O)N[C@H]2CCN(C(=O)c3ccccn3)C2)cc1F)C1CCCCC1. The van der Waals surface area contributed by atoms with Crippen LogP contribution >= 0.6 is 0 Å². The van der Waals surface area contributed by atoms with E-state index in [1.54, 1.807) is 41.4 Å². The molecule has 1 aliphatic heterocycles. The Balaban J connectivity index is 1.29. The van der Waals surface area contributed by atoms with Crippen molar-refractivity contribution in [1.82, 2.24) is 15.2 Å². The number of amides is 3. The predicted octanol–water partition coefficient (Wildman–Crippen LogP) is 4.03. The fourth-order valence-corrected chi connectivity index (χ4v) is 4.60. The van der Waals surface area contributed by atoms with Gasteiger partial charge in [0.2, 0.25) is 0 Å². The van der Waals surface area contributed by atoms with E-state index in [9.17, 15) is 14.0 Å². The van der Waals surface area contributed by atoms with Crippen molar-refractivity contribution in [2.24, 2.45) is 0 Å². The summed E-state index contributed by atoms with van der Waals surface area (Å²) in [5.41, 5.74) is 1.36. The lowest BCUT2D eigenvalue weighted by Gasteiger charge is -2.33. The molecule has 1 saturated heterocycles.